The summed E-state index contributed by atoms with van der Waals surface area (Å²) in [7, 11) is 0. The molecular formula is C21H18ClNO5S2. The number of anilines is 1. The normalized spacial score (nSPS) is 15.0. The van der Waals surface area contributed by atoms with Gasteiger partial charge in [0, 0.05) is 5.02 Å². The van der Waals surface area contributed by atoms with Crippen LogP contribution < -0.4 is 14.4 Å². The third-order valence-corrected chi connectivity index (χ3v) is 5.57. The highest BCUT2D eigenvalue weighted by molar-refractivity contribution is 8.27. The van der Waals surface area contributed by atoms with Gasteiger partial charge in [-0.2, -0.15) is 0 Å². The van der Waals surface area contributed by atoms with E-state index in [0.717, 1.165) is 5.56 Å². The largest absolute Gasteiger partial charge is 0.490 e. The van der Waals surface area contributed by atoms with E-state index in [4.69, 9.17) is 38.4 Å². The van der Waals surface area contributed by atoms with E-state index in [9.17, 15) is 9.59 Å². The van der Waals surface area contributed by atoms with Crippen molar-refractivity contribution in [3.63, 3.8) is 0 Å². The number of thioether (sulfide) groups is 1. The summed E-state index contributed by atoms with van der Waals surface area (Å²) in [6.07, 6.45) is 1.62. The van der Waals surface area contributed by atoms with Crippen molar-refractivity contribution in [3.05, 3.63) is 58.0 Å². The molecule has 1 N–H and O–H groups in total. The first kappa shape index (κ1) is 22.1. The second-order valence-electron chi connectivity index (χ2n) is 6.12. The summed E-state index contributed by atoms with van der Waals surface area (Å²) >= 11 is 12.5. The third-order valence-electron chi connectivity index (χ3n) is 4.02. The Hall–Kier alpha value is -2.55. The van der Waals surface area contributed by atoms with E-state index in [2.05, 4.69) is 0 Å². The van der Waals surface area contributed by atoms with Gasteiger partial charge in [0.05, 0.1) is 30.2 Å². The van der Waals surface area contributed by atoms with Gasteiger partial charge in [-0.15, -0.1) is 0 Å². The topological polar surface area (TPSA) is 76.1 Å². The number of carboxylic acids is 1. The number of aliphatic carboxylic acids is 1. The standard InChI is InChI=1S/C21H18ClNO5S2/c1-2-27-17-11-13(3-8-16(17)28-10-9-19(24)25)12-18-20(26)23(21(29)30-18)15-6-4-14(22)5-7-15/h3-8,11-12H,2,9-10H2,1H3,(H,24,25)/b18-12+. The van der Waals surface area contributed by atoms with Gasteiger partial charge in [0.1, 0.15) is 0 Å². The minimum Gasteiger partial charge on any atom is -0.490 e. The molecule has 2 aromatic carbocycles. The SMILES string of the molecule is CCOc1cc(/C=C2/SC(=S)N(c3ccc(Cl)cc3)C2=O)ccc1OCCC(=O)O. The lowest BCUT2D eigenvalue weighted by Gasteiger charge is -2.14. The Bertz CT molecular complexity index is 1010. The van der Waals surface area contributed by atoms with Crippen molar-refractivity contribution in [2.75, 3.05) is 18.1 Å². The van der Waals surface area contributed by atoms with Crippen LogP contribution in [-0.4, -0.2) is 34.5 Å². The molecule has 3 rings (SSSR count). The highest BCUT2D eigenvalue weighted by Gasteiger charge is 2.33. The van der Waals surface area contributed by atoms with E-state index in [1.54, 1.807) is 48.5 Å². The Morgan fingerprint density at radius 2 is 1.93 bits per heavy atom. The minimum absolute atomic E-state index is 0.0362. The number of rotatable bonds is 8. The molecule has 1 fully saturated rings. The van der Waals surface area contributed by atoms with Crippen LogP contribution >= 0.6 is 35.6 Å². The van der Waals surface area contributed by atoms with Crippen LogP contribution in [0.3, 0.4) is 0 Å². The number of carbonyl (C=O) groups is 2. The maximum Gasteiger partial charge on any atom is 0.306 e. The van der Waals surface area contributed by atoms with E-state index in [1.807, 2.05) is 6.92 Å². The lowest BCUT2D eigenvalue weighted by atomic mass is 10.1. The first-order valence-corrected chi connectivity index (χ1v) is 10.6. The van der Waals surface area contributed by atoms with Crippen LogP contribution in [-0.2, 0) is 9.59 Å². The van der Waals surface area contributed by atoms with Gasteiger partial charge in [-0.25, -0.2) is 0 Å². The molecule has 0 aromatic heterocycles. The molecule has 1 aliphatic rings. The lowest BCUT2D eigenvalue weighted by Crippen LogP contribution is -2.27. The number of halogens is 1. The van der Waals surface area contributed by atoms with Crippen molar-refractivity contribution in [1.29, 1.82) is 0 Å². The lowest BCUT2D eigenvalue weighted by molar-refractivity contribution is -0.137. The average Bonchev–Trinajstić information content (AvgIpc) is 2.97. The van der Waals surface area contributed by atoms with Crippen LogP contribution in [0.25, 0.3) is 6.08 Å². The molecule has 1 heterocycles. The van der Waals surface area contributed by atoms with E-state index in [1.165, 1.54) is 16.7 Å². The monoisotopic (exact) mass is 463 g/mol. The van der Waals surface area contributed by atoms with Gasteiger partial charge in [-0.1, -0.05) is 41.6 Å². The number of carboxylic acid groups (broad SMARTS) is 1. The van der Waals surface area contributed by atoms with Gasteiger partial charge in [-0.3, -0.25) is 14.5 Å². The molecule has 6 nitrogen and oxygen atoms in total. The van der Waals surface area contributed by atoms with E-state index >= 15 is 0 Å². The van der Waals surface area contributed by atoms with Crippen molar-refractivity contribution in [2.45, 2.75) is 13.3 Å². The minimum atomic E-state index is -0.938. The van der Waals surface area contributed by atoms with Crippen LogP contribution in [0.1, 0.15) is 18.9 Å². The average molecular weight is 464 g/mol. The first-order chi connectivity index (χ1) is 14.4. The fourth-order valence-corrected chi connectivity index (χ4v) is 4.11. The van der Waals surface area contributed by atoms with Crippen LogP contribution in [0, 0.1) is 0 Å². The van der Waals surface area contributed by atoms with Crippen molar-refractivity contribution in [2.24, 2.45) is 0 Å². The summed E-state index contributed by atoms with van der Waals surface area (Å²) in [4.78, 5) is 25.5. The number of hydrogen-bond acceptors (Lipinski definition) is 6. The predicted octanol–water partition coefficient (Wildman–Crippen LogP) is 5.00. The summed E-state index contributed by atoms with van der Waals surface area (Å²) in [5.41, 5.74) is 1.39. The number of amides is 1. The highest BCUT2D eigenvalue weighted by atomic mass is 35.5. The van der Waals surface area contributed by atoms with Gasteiger partial charge in [0.2, 0.25) is 0 Å². The fourth-order valence-electron chi connectivity index (χ4n) is 2.68. The second kappa shape index (κ2) is 9.97. The van der Waals surface area contributed by atoms with Gasteiger partial charge in [-0.05, 0) is 55.0 Å². The third kappa shape index (κ3) is 5.33. The summed E-state index contributed by atoms with van der Waals surface area (Å²) < 4.78 is 11.6. The van der Waals surface area contributed by atoms with Crippen molar-refractivity contribution < 1.29 is 24.2 Å². The zero-order chi connectivity index (χ0) is 21.7. The summed E-state index contributed by atoms with van der Waals surface area (Å²) in [5.74, 6) is -0.229. The van der Waals surface area contributed by atoms with Crippen molar-refractivity contribution in [3.8, 4) is 11.5 Å². The predicted molar refractivity (Wildman–Crippen MR) is 122 cm³/mol. The quantitative estimate of drug-likeness (QED) is 0.436. The Morgan fingerprint density at radius 3 is 2.60 bits per heavy atom. The number of thiocarbonyl (C=S) groups is 1. The molecule has 0 unspecified atom stereocenters. The molecule has 156 valence electrons. The summed E-state index contributed by atoms with van der Waals surface area (Å²) in [6.45, 7) is 2.29. The van der Waals surface area contributed by atoms with E-state index < -0.39 is 5.97 Å². The Kier molecular flexibility index (Phi) is 7.36. The smallest absolute Gasteiger partial charge is 0.306 e. The molecule has 0 saturated carbocycles. The van der Waals surface area contributed by atoms with Crippen LogP contribution in [0.5, 0.6) is 11.5 Å². The van der Waals surface area contributed by atoms with E-state index in [-0.39, 0.29) is 18.9 Å². The Morgan fingerprint density at radius 1 is 1.20 bits per heavy atom. The number of ether oxygens (including phenoxy) is 2. The second-order valence-corrected chi connectivity index (χ2v) is 8.24. The Balaban J connectivity index is 1.82. The van der Waals surface area contributed by atoms with Gasteiger partial charge in [0.15, 0.2) is 15.8 Å². The molecule has 0 radical (unpaired) electrons. The number of hydrogen-bond donors (Lipinski definition) is 1. The highest BCUT2D eigenvalue weighted by Crippen LogP contribution is 2.37. The zero-order valence-corrected chi connectivity index (χ0v) is 18.4. The summed E-state index contributed by atoms with van der Waals surface area (Å²) in [5, 5.41) is 9.33. The number of carbonyl (C=O) groups excluding carboxylic acids is 1. The number of benzene rings is 2. The van der Waals surface area contributed by atoms with Crippen molar-refractivity contribution in [1.82, 2.24) is 0 Å². The van der Waals surface area contributed by atoms with Gasteiger partial charge < -0.3 is 14.6 Å². The van der Waals surface area contributed by atoms with Crippen LogP contribution in [0.15, 0.2) is 47.4 Å². The molecule has 9 heteroatoms. The maximum atomic E-state index is 12.9. The van der Waals surface area contributed by atoms with Crippen LogP contribution in [0.2, 0.25) is 5.02 Å². The summed E-state index contributed by atoms with van der Waals surface area (Å²) in [6, 6.07) is 12.1. The number of nitrogens with zero attached hydrogens (tertiary/aromatic N) is 1. The Labute approximate surface area is 188 Å². The van der Waals surface area contributed by atoms with E-state index in [0.29, 0.717) is 38.0 Å². The molecule has 0 bridgehead atoms. The van der Waals surface area contributed by atoms with Gasteiger partial charge in [0.25, 0.3) is 5.91 Å². The van der Waals surface area contributed by atoms with Gasteiger partial charge >= 0.3 is 5.97 Å². The first-order valence-electron chi connectivity index (χ1n) is 9.04. The molecule has 30 heavy (non-hydrogen) atoms. The van der Waals surface area contributed by atoms with Crippen LogP contribution in [0.4, 0.5) is 5.69 Å². The molecule has 0 spiro atoms. The molecule has 1 amide bonds. The molecular weight excluding hydrogens is 446 g/mol. The maximum absolute atomic E-state index is 12.9. The molecule has 0 atom stereocenters. The molecule has 1 saturated heterocycles. The molecule has 1 aliphatic heterocycles. The molecule has 0 aliphatic carbocycles. The molecule has 2 aromatic rings. The fraction of sp³-hybridized carbons (Fsp3) is 0.190. The zero-order valence-electron chi connectivity index (χ0n) is 16.0. The van der Waals surface area contributed by atoms with Crippen molar-refractivity contribution >= 4 is 63.5 Å².